The van der Waals surface area contributed by atoms with Crippen LogP contribution in [0.25, 0.3) is 0 Å². The molecule has 21 heavy (non-hydrogen) atoms. The van der Waals surface area contributed by atoms with E-state index in [1.54, 1.807) is 0 Å². The standard InChI is InChI=1S/C17H25N3O.H2/c1-2-9-19-10-12-20(13-11-19)17(21)18-16-8-7-14-5-3-4-6-15(14)16;/h3-6,16H,2,7-13H2,1H3,(H,18,21);1H. The predicted molar refractivity (Wildman–Crippen MR) is 86.5 cm³/mol. The summed E-state index contributed by atoms with van der Waals surface area (Å²) in [5, 5.41) is 3.22. The van der Waals surface area contributed by atoms with Crippen LogP contribution in [0.5, 0.6) is 0 Å². The molecule has 1 heterocycles. The highest BCUT2D eigenvalue weighted by Gasteiger charge is 2.26. The molecule has 1 fully saturated rings. The van der Waals surface area contributed by atoms with Crippen LogP contribution in [0, 0.1) is 0 Å². The lowest BCUT2D eigenvalue weighted by molar-refractivity contribution is 0.137. The number of carbonyl (C=O) groups is 1. The topological polar surface area (TPSA) is 35.6 Å². The second-order valence-corrected chi connectivity index (χ2v) is 6.07. The van der Waals surface area contributed by atoms with Gasteiger partial charge in [-0.15, -0.1) is 0 Å². The van der Waals surface area contributed by atoms with Crippen molar-refractivity contribution in [2.45, 2.75) is 32.2 Å². The third-order valence-electron chi connectivity index (χ3n) is 4.63. The normalized spacial score (nSPS) is 22.1. The molecule has 0 spiro atoms. The van der Waals surface area contributed by atoms with Gasteiger partial charge in [-0.05, 0) is 36.9 Å². The van der Waals surface area contributed by atoms with Crippen molar-refractivity contribution in [3.05, 3.63) is 35.4 Å². The summed E-state index contributed by atoms with van der Waals surface area (Å²) in [5.41, 5.74) is 2.69. The third kappa shape index (κ3) is 3.21. The number of nitrogens with one attached hydrogen (secondary N) is 1. The van der Waals surface area contributed by atoms with E-state index >= 15 is 0 Å². The van der Waals surface area contributed by atoms with Crippen LogP contribution in [0.3, 0.4) is 0 Å². The number of aryl methyl sites for hydroxylation is 1. The fourth-order valence-electron chi connectivity index (χ4n) is 3.44. The highest BCUT2D eigenvalue weighted by molar-refractivity contribution is 5.75. The molecule has 1 saturated heterocycles. The van der Waals surface area contributed by atoms with Gasteiger partial charge in [-0.25, -0.2) is 4.79 Å². The monoisotopic (exact) mass is 289 g/mol. The average molecular weight is 289 g/mol. The Morgan fingerprint density at radius 3 is 2.81 bits per heavy atom. The number of carbonyl (C=O) groups excluding carboxylic acids is 1. The summed E-state index contributed by atoms with van der Waals surface area (Å²) in [4.78, 5) is 16.8. The summed E-state index contributed by atoms with van der Waals surface area (Å²) in [5.74, 6) is 0. The molecule has 0 bridgehead atoms. The number of hydrogen-bond acceptors (Lipinski definition) is 2. The Kier molecular flexibility index (Phi) is 4.44. The minimum atomic E-state index is 0. The molecule has 1 N–H and O–H groups in total. The molecule has 1 aromatic rings. The maximum absolute atomic E-state index is 12.4. The highest BCUT2D eigenvalue weighted by atomic mass is 16.2. The predicted octanol–water partition coefficient (Wildman–Crippen LogP) is 2.66. The van der Waals surface area contributed by atoms with Crippen LogP contribution < -0.4 is 5.32 Å². The molecule has 0 radical (unpaired) electrons. The summed E-state index contributed by atoms with van der Waals surface area (Å²) in [6.45, 7) is 7.05. The maximum Gasteiger partial charge on any atom is 0.317 e. The summed E-state index contributed by atoms with van der Waals surface area (Å²) >= 11 is 0. The third-order valence-corrected chi connectivity index (χ3v) is 4.63. The first kappa shape index (κ1) is 14.4. The van der Waals surface area contributed by atoms with Crippen LogP contribution in [0.15, 0.2) is 24.3 Å². The van der Waals surface area contributed by atoms with E-state index in [0.29, 0.717) is 0 Å². The van der Waals surface area contributed by atoms with E-state index in [9.17, 15) is 4.79 Å². The van der Waals surface area contributed by atoms with E-state index in [1.165, 1.54) is 17.5 Å². The van der Waals surface area contributed by atoms with E-state index in [0.717, 1.165) is 45.6 Å². The van der Waals surface area contributed by atoms with Gasteiger partial charge in [0.1, 0.15) is 0 Å². The van der Waals surface area contributed by atoms with Crippen molar-refractivity contribution in [1.29, 1.82) is 0 Å². The van der Waals surface area contributed by atoms with E-state index < -0.39 is 0 Å². The Bertz CT molecular complexity index is 500. The van der Waals surface area contributed by atoms with Gasteiger partial charge < -0.3 is 10.2 Å². The number of rotatable bonds is 3. The quantitative estimate of drug-likeness (QED) is 0.928. The summed E-state index contributed by atoms with van der Waals surface area (Å²) in [6.07, 6.45) is 3.29. The lowest BCUT2D eigenvalue weighted by atomic mass is 10.1. The van der Waals surface area contributed by atoms with Crippen LogP contribution in [0.4, 0.5) is 4.79 Å². The van der Waals surface area contributed by atoms with Crippen LogP contribution in [-0.4, -0.2) is 48.6 Å². The minimum absolute atomic E-state index is 0. The SMILES string of the molecule is CCCN1CCN(C(=O)NC2CCc3ccccc32)CC1.[HH]. The number of piperazine rings is 1. The molecule has 2 aliphatic rings. The number of benzene rings is 1. The number of fused-ring (bicyclic) bond motifs is 1. The van der Waals surface area contributed by atoms with Gasteiger partial charge in [0.15, 0.2) is 0 Å². The molecule has 0 saturated carbocycles. The van der Waals surface area contributed by atoms with Crippen molar-refractivity contribution < 1.29 is 6.22 Å². The molecule has 1 atom stereocenters. The number of amides is 2. The fourth-order valence-corrected chi connectivity index (χ4v) is 3.44. The molecule has 2 amide bonds. The first-order valence-electron chi connectivity index (χ1n) is 8.13. The van der Waals surface area contributed by atoms with Gasteiger partial charge in [-0.2, -0.15) is 0 Å². The van der Waals surface area contributed by atoms with Crippen LogP contribution in [0.1, 0.15) is 38.4 Å². The van der Waals surface area contributed by atoms with Gasteiger partial charge in [-0.3, -0.25) is 4.90 Å². The van der Waals surface area contributed by atoms with Gasteiger partial charge in [0.25, 0.3) is 0 Å². The zero-order chi connectivity index (χ0) is 14.7. The largest absolute Gasteiger partial charge is 0.331 e. The van der Waals surface area contributed by atoms with Crippen LogP contribution in [-0.2, 0) is 6.42 Å². The second-order valence-electron chi connectivity index (χ2n) is 6.07. The second kappa shape index (κ2) is 6.48. The summed E-state index contributed by atoms with van der Waals surface area (Å²) in [6, 6.07) is 8.76. The van der Waals surface area contributed by atoms with Crippen LogP contribution >= 0.6 is 0 Å². The van der Waals surface area contributed by atoms with Gasteiger partial charge in [0.05, 0.1) is 6.04 Å². The van der Waals surface area contributed by atoms with Gasteiger partial charge >= 0.3 is 6.03 Å². The summed E-state index contributed by atoms with van der Waals surface area (Å²) < 4.78 is 0. The lowest BCUT2D eigenvalue weighted by Crippen LogP contribution is -2.52. The maximum atomic E-state index is 12.4. The van der Waals surface area contributed by atoms with Crippen molar-refractivity contribution in [2.75, 3.05) is 32.7 Å². The fraction of sp³-hybridized carbons (Fsp3) is 0.588. The molecular weight excluding hydrogens is 262 g/mol. The number of hydrogen-bond donors (Lipinski definition) is 1. The summed E-state index contributed by atoms with van der Waals surface area (Å²) in [7, 11) is 0. The van der Waals surface area contributed by atoms with Crippen molar-refractivity contribution in [3.8, 4) is 0 Å². The zero-order valence-electron chi connectivity index (χ0n) is 12.8. The molecule has 1 aliphatic heterocycles. The van der Waals surface area contributed by atoms with Crippen molar-refractivity contribution in [3.63, 3.8) is 0 Å². The molecule has 4 nitrogen and oxygen atoms in total. The number of urea groups is 1. The van der Waals surface area contributed by atoms with Gasteiger partial charge in [0.2, 0.25) is 0 Å². The van der Waals surface area contributed by atoms with Crippen molar-refractivity contribution >= 4 is 6.03 Å². The van der Waals surface area contributed by atoms with E-state index in [2.05, 4.69) is 41.4 Å². The molecule has 1 aliphatic carbocycles. The Morgan fingerprint density at radius 1 is 1.29 bits per heavy atom. The average Bonchev–Trinajstić information content (AvgIpc) is 2.92. The van der Waals surface area contributed by atoms with Gasteiger partial charge in [0, 0.05) is 27.6 Å². The molecule has 4 heteroatoms. The molecular formula is C17H27N3O. The van der Waals surface area contributed by atoms with E-state index in [1.807, 2.05) is 4.90 Å². The smallest absolute Gasteiger partial charge is 0.317 e. The molecule has 0 aromatic heterocycles. The Morgan fingerprint density at radius 2 is 2.05 bits per heavy atom. The lowest BCUT2D eigenvalue weighted by Gasteiger charge is -2.35. The molecule has 3 rings (SSSR count). The van der Waals surface area contributed by atoms with Crippen molar-refractivity contribution in [2.24, 2.45) is 0 Å². The van der Waals surface area contributed by atoms with Crippen LogP contribution in [0.2, 0.25) is 0 Å². The number of nitrogens with zero attached hydrogens (tertiary/aromatic N) is 2. The highest BCUT2D eigenvalue weighted by Crippen LogP contribution is 2.30. The first-order valence-corrected chi connectivity index (χ1v) is 8.13. The van der Waals surface area contributed by atoms with E-state index in [4.69, 9.17) is 0 Å². The Labute approximate surface area is 128 Å². The van der Waals surface area contributed by atoms with Gasteiger partial charge in [-0.1, -0.05) is 31.2 Å². The van der Waals surface area contributed by atoms with E-state index in [-0.39, 0.29) is 13.5 Å². The van der Waals surface area contributed by atoms with Crippen molar-refractivity contribution in [1.82, 2.24) is 15.1 Å². The first-order chi connectivity index (χ1) is 10.3. The Hall–Kier alpha value is -1.55. The zero-order valence-corrected chi connectivity index (χ0v) is 12.8. The minimum Gasteiger partial charge on any atom is -0.331 e. The Balaban J connectivity index is 0.00000176. The molecule has 1 aromatic carbocycles. The molecule has 116 valence electrons. The molecule has 1 unspecified atom stereocenters.